The van der Waals surface area contributed by atoms with E-state index in [9.17, 15) is 0 Å². The minimum atomic E-state index is 0.567. The molecule has 0 aliphatic rings. The van der Waals surface area contributed by atoms with Crippen molar-refractivity contribution in [1.29, 1.82) is 0 Å². The van der Waals surface area contributed by atoms with Gasteiger partial charge in [-0.1, -0.05) is 170 Å². The van der Waals surface area contributed by atoms with Crippen molar-refractivity contribution >= 4 is 21.9 Å². The molecule has 0 atom stereocenters. The zero-order valence-corrected chi connectivity index (χ0v) is 33.0. The molecule has 11 aromatic rings. The Morgan fingerprint density at radius 2 is 0.705 bits per heavy atom. The van der Waals surface area contributed by atoms with Crippen molar-refractivity contribution in [1.82, 2.24) is 19.9 Å². The van der Waals surface area contributed by atoms with Crippen LogP contribution in [0, 0.1) is 0 Å². The summed E-state index contributed by atoms with van der Waals surface area (Å²) in [6, 6.07) is 71.6. The van der Waals surface area contributed by atoms with Crippen LogP contribution in [0.1, 0.15) is 0 Å². The fraction of sp³-hybridized carbons (Fsp3) is 0. The summed E-state index contributed by atoms with van der Waals surface area (Å²) in [6.07, 6.45) is 3.61. The van der Waals surface area contributed by atoms with Gasteiger partial charge in [0.1, 0.15) is 11.2 Å². The Kier molecular flexibility index (Phi) is 9.10. The molecule has 5 heteroatoms. The molecule has 0 aliphatic heterocycles. The average Bonchev–Trinajstić information content (AvgIpc) is 3.73. The molecule has 0 amide bonds. The second kappa shape index (κ2) is 15.5. The highest BCUT2D eigenvalue weighted by Gasteiger charge is 2.17. The number of rotatable bonds is 8. The van der Waals surface area contributed by atoms with Crippen molar-refractivity contribution < 1.29 is 4.42 Å². The summed E-state index contributed by atoms with van der Waals surface area (Å²) in [5.74, 6) is 1.75. The van der Waals surface area contributed by atoms with Crippen LogP contribution in [-0.4, -0.2) is 19.9 Å². The number of aromatic nitrogens is 4. The molecule has 8 aromatic carbocycles. The van der Waals surface area contributed by atoms with Crippen LogP contribution in [-0.2, 0) is 0 Å². The quantitative estimate of drug-likeness (QED) is 0.154. The van der Waals surface area contributed by atoms with Crippen molar-refractivity contribution in [2.75, 3.05) is 0 Å². The highest BCUT2D eigenvalue weighted by molar-refractivity contribution is 6.13. The van der Waals surface area contributed by atoms with Crippen LogP contribution in [0.4, 0.5) is 0 Å². The molecule has 0 unspecified atom stereocenters. The Morgan fingerprint density at radius 3 is 1.30 bits per heavy atom. The molecule has 0 bridgehead atoms. The van der Waals surface area contributed by atoms with Gasteiger partial charge in [0.2, 0.25) is 0 Å². The number of hydrogen-bond donors (Lipinski definition) is 0. The topological polar surface area (TPSA) is 64.7 Å². The third-order valence-corrected chi connectivity index (χ3v) is 11.3. The van der Waals surface area contributed by atoms with Gasteiger partial charge in [0.25, 0.3) is 0 Å². The standard InChI is InChI=1S/C56H36N4O/c1-3-9-37(10-4-1)39-17-23-43(24-18-39)49-15-8-16-51-53(49)50-30-29-48(36-52(50)61-51)56-59-54(44-25-19-40(20-26-44)42-31-33-57-34-32-42)58-55(60-56)45-27-21-41(22-28-45)47-14-7-13-46(35-47)38-11-5-2-6-12-38/h1-36H. The van der Waals surface area contributed by atoms with Gasteiger partial charge >= 0.3 is 0 Å². The molecule has 0 radical (unpaired) electrons. The fourth-order valence-corrected chi connectivity index (χ4v) is 8.12. The van der Waals surface area contributed by atoms with Gasteiger partial charge in [-0.25, -0.2) is 15.0 Å². The number of hydrogen-bond acceptors (Lipinski definition) is 5. The van der Waals surface area contributed by atoms with E-state index < -0.39 is 0 Å². The van der Waals surface area contributed by atoms with Crippen molar-refractivity contribution in [3.05, 3.63) is 219 Å². The Balaban J connectivity index is 0.979. The zero-order valence-electron chi connectivity index (χ0n) is 33.0. The molecular weight excluding hydrogens is 745 g/mol. The third-order valence-electron chi connectivity index (χ3n) is 11.3. The molecule has 0 aliphatic carbocycles. The van der Waals surface area contributed by atoms with Crippen LogP contribution in [0.2, 0.25) is 0 Å². The summed E-state index contributed by atoms with van der Waals surface area (Å²) in [5.41, 5.74) is 15.7. The molecule has 3 aromatic heterocycles. The first kappa shape index (κ1) is 35.8. The van der Waals surface area contributed by atoms with E-state index in [1.54, 1.807) is 0 Å². The van der Waals surface area contributed by atoms with E-state index in [1.165, 1.54) is 22.3 Å². The third kappa shape index (κ3) is 7.04. The second-order valence-electron chi connectivity index (χ2n) is 15.1. The Bertz CT molecular complexity index is 3310. The van der Waals surface area contributed by atoms with Crippen LogP contribution in [0.3, 0.4) is 0 Å². The van der Waals surface area contributed by atoms with Crippen LogP contribution < -0.4 is 0 Å². The zero-order chi connectivity index (χ0) is 40.5. The molecular formula is C56H36N4O. The van der Waals surface area contributed by atoms with Gasteiger partial charge in [0.05, 0.1) is 0 Å². The fourth-order valence-electron chi connectivity index (χ4n) is 8.12. The van der Waals surface area contributed by atoms with Gasteiger partial charge < -0.3 is 4.42 Å². The van der Waals surface area contributed by atoms with E-state index in [1.807, 2.05) is 42.7 Å². The number of nitrogens with zero attached hydrogens (tertiary/aromatic N) is 4. The first-order valence-corrected chi connectivity index (χ1v) is 20.3. The predicted molar refractivity (Wildman–Crippen MR) is 248 cm³/mol. The van der Waals surface area contributed by atoms with Crippen LogP contribution in [0.15, 0.2) is 223 Å². The summed E-state index contributed by atoms with van der Waals surface area (Å²) in [4.78, 5) is 19.4. The lowest BCUT2D eigenvalue weighted by atomic mass is 9.96. The minimum Gasteiger partial charge on any atom is -0.456 e. The molecule has 286 valence electrons. The number of pyridine rings is 1. The molecule has 0 saturated heterocycles. The largest absolute Gasteiger partial charge is 0.456 e. The summed E-state index contributed by atoms with van der Waals surface area (Å²) < 4.78 is 6.57. The molecule has 0 N–H and O–H groups in total. The Labute approximate surface area is 353 Å². The molecule has 0 fully saturated rings. The van der Waals surface area contributed by atoms with Crippen molar-refractivity contribution in [3.63, 3.8) is 0 Å². The highest BCUT2D eigenvalue weighted by atomic mass is 16.3. The Morgan fingerprint density at radius 1 is 0.279 bits per heavy atom. The van der Waals surface area contributed by atoms with E-state index in [0.29, 0.717) is 17.5 Å². The predicted octanol–water partition coefficient (Wildman–Crippen LogP) is 14.5. The first-order chi connectivity index (χ1) is 30.2. The number of furan rings is 1. The maximum atomic E-state index is 6.57. The smallest absolute Gasteiger partial charge is 0.164 e. The van der Waals surface area contributed by atoms with Crippen LogP contribution in [0.5, 0.6) is 0 Å². The maximum absolute atomic E-state index is 6.57. The molecule has 11 rings (SSSR count). The first-order valence-electron chi connectivity index (χ1n) is 20.3. The van der Waals surface area contributed by atoms with Crippen LogP contribution in [0.25, 0.3) is 112 Å². The van der Waals surface area contributed by atoms with Crippen molar-refractivity contribution in [2.45, 2.75) is 0 Å². The molecule has 3 heterocycles. The van der Waals surface area contributed by atoms with Gasteiger partial charge in [-0.05, 0) is 92.0 Å². The van der Waals surface area contributed by atoms with E-state index in [2.05, 4.69) is 181 Å². The van der Waals surface area contributed by atoms with E-state index >= 15 is 0 Å². The van der Waals surface area contributed by atoms with E-state index in [0.717, 1.165) is 72.0 Å². The Hall–Kier alpha value is -8.28. The minimum absolute atomic E-state index is 0.567. The molecule has 61 heavy (non-hydrogen) atoms. The summed E-state index contributed by atoms with van der Waals surface area (Å²) in [5, 5.41) is 2.12. The van der Waals surface area contributed by atoms with Gasteiger partial charge in [-0.3, -0.25) is 4.98 Å². The van der Waals surface area contributed by atoms with Gasteiger partial charge in [0.15, 0.2) is 17.5 Å². The highest BCUT2D eigenvalue weighted by Crippen LogP contribution is 2.39. The summed E-state index contributed by atoms with van der Waals surface area (Å²) in [7, 11) is 0. The second-order valence-corrected chi connectivity index (χ2v) is 15.1. The van der Waals surface area contributed by atoms with E-state index in [-0.39, 0.29) is 0 Å². The summed E-state index contributed by atoms with van der Waals surface area (Å²) in [6.45, 7) is 0. The monoisotopic (exact) mass is 780 g/mol. The van der Waals surface area contributed by atoms with Crippen molar-refractivity contribution in [3.8, 4) is 89.8 Å². The lowest BCUT2D eigenvalue weighted by Gasteiger charge is -2.10. The number of benzene rings is 8. The molecule has 5 nitrogen and oxygen atoms in total. The lowest BCUT2D eigenvalue weighted by molar-refractivity contribution is 0.669. The number of fused-ring (bicyclic) bond motifs is 3. The van der Waals surface area contributed by atoms with Crippen molar-refractivity contribution in [2.24, 2.45) is 0 Å². The lowest BCUT2D eigenvalue weighted by Crippen LogP contribution is -2.00. The van der Waals surface area contributed by atoms with E-state index in [4.69, 9.17) is 19.4 Å². The summed E-state index contributed by atoms with van der Waals surface area (Å²) >= 11 is 0. The van der Waals surface area contributed by atoms with Crippen LogP contribution >= 0.6 is 0 Å². The van der Waals surface area contributed by atoms with Gasteiger partial charge in [0, 0.05) is 39.9 Å². The molecule has 0 spiro atoms. The SMILES string of the molecule is c1ccc(-c2ccc(-c3cccc4oc5cc(-c6nc(-c7ccc(-c8ccncc8)cc7)nc(-c7ccc(-c8cccc(-c9ccccc9)c8)cc7)n6)ccc5c34)cc2)cc1. The van der Waals surface area contributed by atoms with Gasteiger partial charge in [-0.2, -0.15) is 0 Å². The normalized spacial score (nSPS) is 11.3. The van der Waals surface area contributed by atoms with Gasteiger partial charge in [-0.15, -0.1) is 0 Å². The maximum Gasteiger partial charge on any atom is 0.164 e. The average molecular weight is 781 g/mol. The molecule has 0 saturated carbocycles.